The second kappa shape index (κ2) is 6.96. The first-order valence-corrected chi connectivity index (χ1v) is 9.30. The topological polar surface area (TPSA) is 72.2 Å². The second-order valence-electron chi connectivity index (χ2n) is 5.80. The highest BCUT2D eigenvalue weighted by Gasteiger charge is 2.33. The van der Waals surface area contributed by atoms with Gasteiger partial charge < -0.3 is 5.73 Å². The van der Waals surface area contributed by atoms with E-state index in [1.165, 1.54) is 18.2 Å². The molecule has 0 heterocycles. The molecule has 8 heteroatoms. The van der Waals surface area contributed by atoms with Gasteiger partial charge >= 0.3 is 6.18 Å². The number of nitrogens with one attached hydrogen (secondary N) is 1. The summed E-state index contributed by atoms with van der Waals surface area (Å²) in [7, 11) is -4.05. The van der Waals surface area contributed by atoms with Crippen molar-refractivity contribution in [2.75, 3.05) is 10.5 Å². The van der Waals surface area contributed by atoms with Gasteiger partial charge in [-0.15, -0.1) is 0 Å². The lowest BCUT2D eigenvalue weighted by molar-refractivity contribution is -0.136. The number of anilines is 2. The van der Waals surface area contributed by atoms with Crippen molar-refractivity contribution in [3.05, 3.63) is 78.4 Å². The molecule has 0 aromatic heterocycles. The third-order valence-electron chi connectivity index (χ3n) is 3.88. The Bertz CT molecular complexity index is 1050. The Labute approximate surface area is 154 Å². The zero-order valence-corrected chi connectivity index (χ0v) is 14.7. The molecule has 4 nitrogen and oxygen atoms in total. The van der Waals surface area contributed by atoms with Crippen molar-refractivity contribution in [2.24, 2.45) is 0 Å². The molecule has 0 radical (unpaired) electrons. The van der Waals surface area contributed by atoms with Crippen molar-refractivity contribution < 1.29 is 21.6 Å². The summed E-state index contributed by atoms with van der Waals surface area (Å²) in [5.74, 6) is 0. The number of sulfonamides is 1. The molecule has 0 saturated carbocycles. The minimum absolute atomic E-state index is 0.0624. The number of benzene rings is 3. The minimum Gasteiger partial charge on any atom is -0.398 e. The van der Waals surface area contributed by atoms with Crippen molar-refractivity contribution >= 4 is 21.4 Å². The molecule has 0 amide bonds. The van der Waals surface area contributed by atoms with Crippen LogP contribution in [-0.4, -0.2) is 8.42 Å². The number of hydrogen-bond acceptors (Lipinski definition) is 3. The Kier molecular flexibility index (Phi) is 4.84. The van der Waals surface area contributed by atoms with E-state index in [1.807, 2.05) is 30.3 Å². The zero-order valence-electron chi connectivity index (χ0n) is 13.9. The Balaban J connectivity index is 1.87. The fraction of sp³-hybridized carbons (Fsp3) is 0.0526. The van der Waals surface area contributed by atoms with Crippen LogP contribution in [0, 0.1) is 0 Å². The third kappa shape index (κ3) is 4.22. The van der Waals surface area contributed by atoms with Gasteiger partial charge in [-0.25, -0.2) is 8.42 Å². The maximum Gasteiger partial charge on any atom is 0.418 e. The highest BCUT2D eigenvalue weighted by molar-refractivity contribution is 7.92. The second-order valence-corrected chi connectivity index (χ2v) is 7.48. The smallest absolute Gasteiger partial charge is 0.398 e. The first-order valence-electron chi connectivity index (χ1n) is 7.82. The first-order chi connectivity index (χ1) is 12.7. The van der Waals surface area contributed by atoms with Crippen LogP contribution in [0.1, 0.15) is 5.56 Å². The zero-order chi connectivity index (χ0) is 19.7. The normalized spacial score (nSPS) is 12.0. The highest BCUT2D eigenvalue weighted by Crippen LogP contribution is 2.35. The highest BCUT2D eigenvalue weighted by atomic mass is 32.2. The molecule has 3 aromatic carbocycles. The summed E-state index contributed by atoms with van der Waals surface area (Å²) >= 11 is 0. The molecule has 0 atom stereocenters. The minimum atomic E-state index is -4.68. The fourth-order valence-electron chi connectivity index (χ4n) is 2.54. The maximum atomic E-state index is 12.9. The number of nitrogens with two attached hydrogens (primary N) is 1. The molecule has 3 rings (SSSR count). The number of halogens is 3. The van der Waals surface area contributed by atoms with Gasteiger partial charge in [-0.3, -0.25) is 4.72 Å². The summed E-state index contributed by atoms with van der Waals surface area (Å²) in [5.41, 5.74) is 5.28. The molecule has 3 aromatic rings. The van der Waals surface area contributed by atoms with Crippen LogP contribution < -0.4 is 10.5 Å². The predicted molar refractivity (Wildman–Crippen MR) is 98.5 cm³/mol. The average Bonchev–Trinajstić information content (AvgIpc) is 2.63. The fourth-order valence-corrected chi connectivity index (χ4v) is 3.59. The van der Waals surface area contributed by atoms with Crippen LogP contribution in [0.5, 0.6) is 0 Å². The van der Waals surface area contributed by atoms with Crippen LogP contribution in [0.2, 0.25) is 0 Å². The van der Waals surface area contributed by atoms with Crippen LogP contribution in [-0.2, 0) is 16.2 Å². The molecular formula is C19H15F3N2O2S. The lowest BCUT2D eigenvalue weighted by Crippen LogP contribution is -2.15. The van der Waals surface area contributed by atoms with Crippen LogP contribution in [0.3, 0.4) is 0 Å². The molecule has 27 heavy (non-hydrogen) atoms. The summed E-state index contributed by atoms with van der Waals surface area (Å²) < 4.78 is 65.9. The van der Waals surface area contributed by atoms with Gasteiger partial charge in [0.15, 0.2) is 0 Å². The van der Waals surface area contributed by atoms with Crippen molar-refractivity contribution in [1.29, 1.82) is 0 Å². The van der Waals surface area contributed by atoms with E-state index in [-0.39, 0.29) is 10.6 Å². The molecule has 140 valence electrons. The molecule has 0 unspecified atom stereocenters. The van der Waals surface area contributed by atoms with Gasteiger partial charge in [-0.2, -0.15) is 13.2 Å². The Morgan fingerprint density at radius 3 is 2.00 bits per heavy atom. The Morgan fingerprint density at radius 2 is 1.41 bits per heavy atom. The van der Waals surface area contributed by atoms with Crippen LogP contribution >= 0.6 is 0 Å². The van der Waals surface area contributed by atoms with Crippen LogP contribution in [0.15, 0.2) is 77.7 Å². The molecule has 0 spiro atoms. The van der Waals surface area contributed by atoms with Crippen molar-refractivity contribution in [3.63, 3.8) is 0 Å². The number of hydrogen-bond donors (Lipinski definition) is 2. The Morgan fingerprint density at radius 1 is 0.815 bits per heavy atom. The average molecular weight is 392 g/mol. The van der Waals surface area contributed by atoms with Crippen LogP contribution in [0.4, 0.5) is 24.5 Å². The predicted octanol–water partition coefficient (Wildman–Crippen LogP) is 4.76. The summed E-state index contributed by atoms with van der Waals surface area (Å²) in [5, 5.41) is 0. The number of nitrogen functional groups attached to an aromatic ring is 1. The third-order valence-corrected chi connectivity index (χ3v) is 5.28. The van der Waals surface area contributed by atoms with E-state index < -0.39 is 27.5 Å². The molecule has 0 bridgehead atoms. The SMILES string of the molecule is Nc1ccc(NS(=O)(=O)c2ccc(-c3ccccc3)cc2)cc1C(F)(F)F. The van der Waals surface area contributed by atoms with Gasteiger partial charge in [-0.05, 0) is 41.5 Å². The number of rotatable bonds is 4. The van der Waals surface area contributed by atoms with Gasteiger partial charge in [0.1, 0.15) is 0 Å². The van der Waals surface area contributed by atoms with E-state index in [2.05, 4.69) is 4.72 Å². The van der Waals surface area contributed by atoms with Crippen molar-refractivity contribution in [3.8, 4) is 11.1 Å². The Hall–Kier alpha value is -3.00. The molecule has 0 aliphatic rings. The van der Waals surface area contributed by atoms with E-state index >= 15 is 0 Å². The number of alkyl halides is 3. The van der Waals surface area contributed by atoms with Gasteiger partial charge in [0.2, 0.25) is 0 Å². The van der Waals surface area contributed by atoms with E-state index in [1.54, 1.807) is 12.1 Å². The molecule has 0 aliphatic carbocycles. The van der Waals surface area contributed by atoms with Gasteiger partial charge in [0.05, 0.1) is 10.5 Å². The van der Waals surface area contributed by atoms with Crippen molar-refractivity contribution in [2.45, 2.75) is 11.1 Å². The quantitative estimate of drug-likeness (QED) is 0.629. The van der Waals surface area contributed by atoms with E-state index in [4.69, 9.17) is 5.73 Å². The molecule has 0 saturated heterocycles. The summed E-state index contributed by atoms with van der Waals surface area (Å²) in [6, 6.07) is 18.3. The molecule has 0 aliphatic heterocycles. The lowest BCUT2D eigenvalue weighted by atomic mass is 10.1. The van der Waals surface area contributed by atoms with E-state index in [9.17, 15) is 21.6 Å². The molecule has 0 fully saturated rings. The summed E-state index contributed by atoms with van der Waals surface area (Å²) in [4.78, 5) is -0.0624. The van der Waals surface area contributed by atoms with Gasteiger partial charge in [-0.1, -0.05) is 42.5 Å². The first kappa shape index (κ1) is 18.8. The van der Waals surface area contributed by atoms with Crippen molar-refractivity contribution in [1.82, 2.24) is 0 Å². The maximum absolute atomic E-state index is 12.9. The van der Waals surface area contributed by atoms with E-state index in [0.717, 1.165) is 17.2 Å². The van der Waals surface area contributed by atoms with Gasteiger partial charge in [0, 0.05) is 11.4 Å². The summed E-state index contributed by atoms with van der Waals surface area (Å²) in [6.07, 6.45) is -4.68. The monoisotopic (exact) mass is 392 g/mol. The van der Waals surface area contributed by atoms with Gasteiger partial charge in [0.25, 0.3) is 10.0 Å². The van der Waals surface area contributed by atoms with E-state index in [0.29, 0.717) is 6.07 Å². The molecular weight excluding hydrogens is 377 g/mol. The lowest BCUT2D eigenvalue weighted by Gasteiger charge is -2.13. The largest absolute Gasteiger partial charge is 0.418 e. The molecule has 3 N–H and O–H groups in total. The summed E-state index contributed by atoms with van der Waals surface area (Å²) in [6.45, 7) is 0. The van der Waals surface area contributed by atoms with Crippen LogP contribution in [0.25, 0.3) is 11.1 Å². The standard InChI is InChI=1S/C19H15F3N2O2S/c20-19(21,22)17-12-15(8-11-18(17)23)24-27(25,26)16-9-6-14(7-10-16)13-4-2-1-3-5-13/h1-12,24H,23H2.